The first kappa shape index (κ1) is 18.1. The number of aryl methyl sites for hydroxylation is 2. The van der Waals surface area contributed by atoms with Crippen LogP contribution >= 0.6 is 0 Å². The van der Waals surface area contributed by atoms with Gasteiger partial charge in [-0.15, -0.1) is 0 Å². The minimum Gasteiger partial charge on any atom is -0.368 e. The van der Waals surface area contributed by atoms with Crippen molar-refractivity contribution in [1.29, 1.82) is 0 Å². The molecule has 1 rings (SSSR count). The smallest absolute Gasteiger partial charge is 0.160 e. The fourth-order valence-corrected chi connectivity index (χ4v) is 2.47. The van der Waals surface area contributed by atoms with Crippen molar-refractivity contribution in [3.63, 3.8) is 0 Å². The molecule has 21 heavy (non-hydrogen) atoms. The third-order valence-electron chi connectivity index (χ3n) is 3.96. The highest BCUT2D eigenvalue weighted by atomic mass is 16.5. The fraction of sp³-hybridized carbons (Fsp3) is 0.765. The van der Waals surface area contributed by atoms with Gasteiger partial charge in [-0.1, -0.05) is 20.8 Å². The highest BCUT2D eigenvalue weighted by molar-refractivity contribution is 5.26. The van der Waals surface area contributed by atoms with Gasteiger partial charge in [-0.3, -0.25) is 0 Å². The average molecular weight is 293 g/mol. The summed E-state index contributed by atoms with van der Waals surface area (Å²) in [5.74, 6) is 0.808. The SMILES string of the molecule is CCOC(C)(CC)c1nc(C)c(CCNC(C)C)c(C)n1. The standard InChI is InChI=1S/C17H31N3O/c1-8-17(7,21-9-2)16-19-13(5)15(14(6)20-16)10-11-18-12(3)4/h12,18H,8-11H2,1-7H3. The fourth-order valence-electron chi connectivity index (χ4n) is 2.47. The first-order chi connectivity index (χ1) is 9.84. The summed E-state index contributed by atoms with van der Waals surface area (Å²) in [5, 5.41) is 3.44. The first-order valence-corrected chi connectivity index (χ1v) is 8.06. The molecule has 0 amide bonds. The average Bonchev–Trinajstić information content (AvgIpc) is 2.41. The molecule has 0 fully saturated rings. The molecule has 0 spiro atoms. The van der Waals surface area contributed by atoms with Crippen molar-refractivity contribution in [2.75, 3.05) is 13.2 Å². The second kappa shape index (κ2) is 7.85. The highest BCUT2D eigenvalue weighted by Crippen LogP contribution is 2.27. The van der Waals surface area contributed by atoms with Gasteiger partial charge < -0.3 is 10.1 Å². The van der Waals surface area contributed by atoms with Crippen molar-refractivity contribution in [2.24, 2.45) is 0 Å². The van der Waals surface area contributed by atoms with E-state index in [9.17, 15) is 0 Å². The molecule has 0 aliphatic heterocycles. The van der Waals surface area contributed by atoms with Gasteiger partial charge in [0.25, 0.3) is 0 Å². The molecule has 0 aliphatic rings. The topological polar surface area (TPSA) is 47.0 Å². The predicted molar refractivity (Wildman–Crippen MR) is 87.6 cm³/mol. The molecule has 0 aromatic carbocycles. The van der Waals surface area contributed by atoms with Crippen molar-refractivity contribution in [3.05, 3.63) is 22.8 Å². The van der Waals surface area contributed by atoms with Crippen LogP contribution in [0, 0.1) is 13.8 Å². The zero-order valence-corrected chi connectivity index (χ0v) is 14.7. The number of aromatic nitrogens is 2. The molecule has 4 heteroatoms. The van der Waals surface area contributed by atoms with E-state index in [-0.39, 0.29) is 5.60 Å². The summed E-state index contributed by atoms with van der Waals surface area (Å²) in [6, 6.07) is 0.507. The summed E-state index contributed by atoms with van der Waals surface area (Å²) in [5.41, 5.74) is 3.01. The molecule has 1 heterocycles. The van der Waals surface area contributed by atoms with Crippen LogP contribution in [0.4, 0.5) is 0 Å². The quantitative estimate of drug-likeness (QED) is 0.799. The first-order valence-electron chi connectivity index (χ1n) is 8.06. The number of rotatable bonds is 8. The Kier molecular flexibility index (Phi) is 6.75. The van der Waals surface area contributed by atoms with Crippen molar-refractivity contribution < 1.29 is 4.74 Å². The largest absolute Gasteiger partial charge is 0.368 e. The lowest BCUT2D eigenvalue weighted by Crippen LogP contribution is -2.29. The number of nitrogens with one attached hydrogen (secondary N) is 1. The van der Waals surface area contributed by atoms with Crippen LogP contribution in [0.1, 0.15) is 63.8 Å². The molecule has 1 aromatic heterocycles. The van der Waals surface area contributed by atoms with Gasteiger partial charge in [0.15, 0.2) is 5.82 Å². The molecule has 4 nitrogen and oxygen atoms in total. The van der Waals surface area contributed by atoms with E-state index >= 15 is 0 Å². The lowest BCUT2D eigenvalue weighted by atomic mass is 10.0. The molecule has 0 aliphatic carbocycles. The lowest BCUT2D eigenvalue weighted by molar-refractivity contribution is -0.0393. The molecule has 1 N–H and O–H groups in total. The Balaban J connectivity index is 2.98. The summed E-state index contributed by atoms with van der Waals surface area (Å²) in [6.07, 6.45) is 1.83. The Hall–Kier alpha value is -1.00. The molecule has 1 unspecified atom stereocenters. The van der Waals surface area contributed by atoms with E-state index in [0.29, 0.717) is 12.6 Å². The maximum atomic E-state index is 5.89. The Morgan fingerprint density at radius 3 is 2.14 bits per heavy atom. The molecule has 0 radical (unpaired) electrons. The van der Waals surface area contributed by atoms with E-state index in [1.807, 2.05) is 6.92 Å². The zero-order valence-electron chi connectivity index (χ0n) is 14.7. The van der Waals surface area contributed by atoms with Crippen LogP contribution in [-0.2, 0) is 16.8 Å². The predicted octanol–water partition coefficient (Wildman–Crippen LogP) is 3.30. The van der Waals surface area contributed by atoms with Gasteiger partial charge in [0.1, 0.15) is 5.60 Å². The zero-order chi connectivity index (χ0) is 16.0. The minimum absolute atomic E-state index is 0.390. The van der Waals surface area contributed by atoms with E-state index < -0.39 is 0 Å². The van der Waals surface area contributed by atoms with Crippen molar-refractivity contribution in [3.8, 4) is 0 Å². The monoisotopic (exact) mass is 293 g/mol. The number of hydrogen-bond acceptors (Lipinski definition) is 4. The van der Waals surface area contributed by atoms with E-state index in [1.165, 1.54) is 5.56 Å². The maximum Gasteiger partial charge on any atom is 0.160 e. The lowest BCUT2D eigenvalue weighted by Gasteiger charge is -2.27. The number of hydrogen-bond donors (Lipinski definition) is 1. The third kappa shape index (κ3) is 4.75. The molecule has 1 aromatic rings. The van der Waals surface area contributed by atoms with Crippen molar-refractivity contribution in [1.82, 2.24) is 15.3 Å². The Morgan fingerprint density at radius 1 is 1.14 bits per heavy atom. The van der Waals surface area contributed by atoms with Crippen LogP contribution in [-0.4, -0.2) is 29.2 Å². The van der Waals surface area contributed by atoms with Crippen LogP contribution in [0.15, 0.2) is 0 Å². The third-order valence-corrected chi connectivity index (χ3v) is 3.96. The Labute approximate surface area is 129 Å². The molecule has 0 saturated heterocycles. The molecule has 1 atom stereocenters. The van der Waals surface area contributed by atoms with E-state index in [4.69, 9.17) is 14.7 Å². The van der Waals surface area contributed by atoms with Gasteiger partial charge >= 0.3 is 0 Å². The molecular formula is C17H31N3O. The van der Waals surface area contributed by atoms with Crippen LogP contribution in [0.3, 0.4) is 0 Å². The molecule has 120 valence electrons. The van der Waals surface area contributed by atoms with Gasteiger partial charge in [0.2, 0.25) is 0 Å². The molecular weight excluding hydrogens is 262 g/mol. The van der Waals surface area contributed by atoms with E-state index in [1.54, 1.807) is 0 Å². The summed E-state index contributed by atoms with van der Waals surface area (Å²) in [4.78, 5) is 9.46. The van der Waals surface area contributed by atoms with E-state index in [0.717, 1.165) is 36.6 Å². The molecule has 0 bridgehead atoms. The van der Waals surface area contributed by atoms with Gasteiger partial charge in [-0.05, 0) is 52.6 Å². The van der Waals surface area contributed by atoms with Crippen LogP contribution in [0.5, 0.6) is 0 Å². The summed E-state index contributed by atoms with van der Waals surface area (Å²) < 4.78 is 5.89. The molecule has 0 saturated carbocycles. The maximum absolute atomic E-state index is 5.89. The van der Waals surface area contributed by atoms with Gasteiger partial charge in [-0.2, -0.15) is 0 Å². The Bertz CT molecular complexity index is 436. The van der Waals surface area contributed by atoms with Crippen LogP contribution < -0.4 is 5.32 Å². The second-order valence-corrected chi connectivity index (χ2v) is 6.07. The Morgan fingerprint density at radius 2 is 1.71 bits per heavy atom. The second-order valence-electron chi connectivity index (χ2n) is 6.07. The minimum atomic E-state index is -0.390. The van der Waals surface area contributed by atoms with Gasteiger partial charge in [-0.25, -0.2) is 9.97 Å². The van der Waals surface area contributed by atoms with Crippen LogP contribution in [0.25, 0.3) is 0 Å². The summed E-state index contributed by atoms with van der Waals surface area (Å²) in [7, 11) is 0. The number of nitrogens with zero attached hydrogens (tertiary/aromatic N) is 2. The van der Waals surface area contributed by atoms with Crippen LogP contribution in [0.2, 0.25) is 0 Å². The highest BCUT2D eigenvalue weighted by Gasteiger charge is 2.29. The summed E-state index contributed by atoms with van der Waals surface area (Å²) in [6.45, 7) is 16.3. The number of ether oxygens (including phenoxy) is 1. The van der Waals surface area contributed by atoms with Crippen molar-refractivity contribution >= 4 is 0 Å². The van der Waals surface area contributed by atoms with E-state index in [2.05, 4.69) is 46.9 Å². The van der Waals surface area contributed by atoms with Crippen molar-refractivity contribution in [2.45, 2.75) is 73.0 Å². The van der Waals surface area contributed by atoms with Gasteiger partial charge in [0, 0.05) is 24.0 Å². The van der Waals surface area contributed by atoms with Gasteiger partial charge in [0.05, 0.1) is 0 Å². The normalized spacial score (nSPS) is 14.5. The summed E-state index contributed by atoms with van der Waals surface area (Å²) >= 11 is 0.